The van der Waals surface area contributed by atoms with Gasteiger partial charge in [-0.05, 0) is 36.4 Å². The molecule has 0 heterocycles. The maximum absolute atomic E-state index is 12.4. The van der Waals surface area contributed by atoms with Gasteiger partial charge in [-0.3, -0.25) is 0 Å². The van der Waals surface area contributed by atoms with Crippen LogP contribution in [0.4, 0.5) is 0 Å². The Hall–Kier alpha value is -2.71. The van der Waals surface area contributed by atoms with Gasteiger partial charge in [0.1, 0.15) is 13.2 Å². The maximum Gasteiger partial charge on any atom is 0.338 e. The highest BCUT2D eigenvalue weighted by Crippen LogP contribution is 2.16. The van der Waals surface area contributed by atoms with Gasteiger partial charge in [0.2, 0.25) is 10.0 Å². The quantitative estimate of drug-likeness (QED) is 0.471. The molecule has 0 fully saturated rings. The molecule has 2 aromatic carbocycles. The molecule has 0 saturated carbocycles. The number of carbonyl (C=O) groups is 2. The first kappa shape index (κ1) is 21.6. The van der Waals surface area contributed by atoms with Crippen LogP contribution in [-0.2, 0) is 19.5 Å². The zero-order valence-electron chi connectivity index (χ0n) is 15.8. The second kappa shape index (κ2) is 10.0. The molecule has 150 valence electrons. The summed E-state index contributed by atoms with van der Waals surface area (Å²) in [5.41, 5.74) is 0.631. The minimum Gasteiger partial charge on any atom is -0.458 e. The number of benzene rings is 2. The normalized spacial score (nSPS) is 11.2. The largest absolute Gasteiger partial charge is 0.458 e. The van der Waals surface area contributed by atoms with E-state index >= 15 is 0 Å². The Balaban J connectivity index is 1.87. The van der Waals surface area contributed by atoms with Crippen molar-refractivity contribution in [2.24, 2.45) is 0 Å². The SMILES string of the molecule is CCN(CC)S(=O)(=O)c1ccc(C(=O)OCCOC(=O)c2ccccc2)cc1. The number of ether oxygens (including phenoxy) is 2. The summed E-state index contributed by atoms with van der Waals surface area (Å²) in [6.07, 6.45) is 0. The smallest absolute Gasteiger partial charge is 0.338 e. The third kappa shape index (κ3) is 5.40. The lowest BCUT2D eigenvalue weighted by Crippen LogP contribution is -2.30. The lowest BCUT2D eigenvalue weighted by Gasteiger charge is -2.18. The van der Waals surface area contributed by atoms with Crippen molar-refractivity contribution >= 4 is 22.0 Å². The Bertz CT molecular complexity index is 890. The molecule has 0 unspecified atom stereocenters. The van der Waals surface area contributed by atoms with Gasteiger partial charge in [0, 0.05) is 13.1 Å². The first-order chi connectivity index (χ1) is 13.4. The van der Waals surface area contributed by atoms with E-state index in [-0.39, 0.29) is 23.7 Å². The molecular weight excluding hydrogens is 382 g/mol. The summed E-state index contributed by atoms with van der Waals surface area (Å²) in [6, 6.07) is 14.0. The van der Waals surface area contributed by atoms with Gasteiger partial charge in [-0.1, -0.05) is 32.0 Å². The van der Waals surface area contributed by atoms with E-state index in [0.29, 0.717) is 18.7 Å². The van der Waals surface area contributed by atoms with Gasteiger partial charge in [-0.15, -0.1) is 0 Å². The van der Waals surface area contributed by atoms with Crippen molar-refractivity contribution in [1.29, 1.82) is 0 Å². The fourth-order valence-corrected chi connectivity index (χ4v) is 3.94. The lowest BCUT2D eigenvalue weighted by atomic mass is 10.2. The Morgan fingerprint density at radius 3 is 1.71 bits per heavy atom. The molecular formula is C20H23NO6S. The zero-order valence-corrected chi connectivity index (χ0v) is 16.6. The molecule has 0 aliphatic heterocycles. The molecule has 0 amide bonds. The van der Waals surface area contributed by atoms with Crippen LogP contribution in [0.3, 0.4) is 0 Å². The van der Waals surface area contributed by atoms with Crippen LogP contribution in [0.15, 0.2) is 59.5 Å². The highest BCUT2D eigenvalue weighted by molar-refractivity contribution is 7.89. The summed E-state index contributed by atoms with van der Waals surface area (Å²) in [7, 11) is -3.58. The fourth-order valence-electron chi connectivity index (χ4n) is 2.49. The molecule has 0 bridgehead atoms. The van der Waals surface area contributed by atoms with E-state index in [1.54, 1.807) is 44.2 Å². The Kier molecular flexibility index (Phi) is 7.71. The molecule has 0 spiro atoms. The molecule has 7 nitrogen and oxygen atoms in total. The van der Waals surface area contributed by atoms with E-state index < -0.39 is 22.0 Å². The van der Waals surface area contributed by atoms with E-state index in [2.05, 4.69) is 0 Å². The molecule has 0 atom stereocenters. The summed E-state index contributed by atoms with van der Waals surface area (Å²) in [5.74, 6) is -1.12. The molecule has 28 heavy (non-hydrogen) atoms. The van der Waals surface area contributed by atoms with Crippen LogP contribution in [0, 0.1) is 0 Å². The second-order valence-electron chi connectivity index (χ2n) is 5.75. The number of hydrogen-bond donors (Lipinski definition) is 0. The molecule has 0 radical (unpaired) electrons. The average molecular weight is 405 g/mol. The van der Waals surface area contributed by atoms with Crippen molar-refractivity contribution in [3.63, 3.8) is 0 Å². The predicted octanol–water partition coefficient (Wildman–Crippen LogP) is 2.73. The van der Waals surface area contributed by atoms with E-state index in [0.717, 1.165) is 0 Å². The van der Waals surface area contributed by atoms with E-state index in [4.69, 9.17) is 9.47 Å². The third-order valence-corrected chi connectivity index (χ3v) is 6.06. The van der Waals surface area contributed by atoms with Crippen molar-refractivity contribution < 1.29 is 27.5 Å². The van der Waals surface area contributed by atoms with Gasteiger partial charge < -0.3 is 9.47 Å². The highest BCUT2D eigenvalue weighted by Gasteiger charge is 2.21. The Morgan fingerprint density at radius 2 is 1.25 bits per heavy atom. The summed E-state index contributed by atoms with van der Waals surface area (Å²) in [5, 5.41) is 0. The van der Waals surface area contributed by atoms with Crippen molar-refractivity contribution in [2.45, 2.75) is 18.7 Å². The van der Waals surface area contributed by atoms with Gasteiger partial charge in [-0.25, -0.2) is 18.0 Å². The lowest BCUT2D eigenvalue weighted by molar-refractivity contribution is 0.0265. The molecule has 0 aromatic heterocycles. The zero-order chi connectivity index (χ0) is 20.6. The van der Waals surface area contributed by atoms with Crippen LogP contribution < -0.4 is 0 Å². The molecule has 0 N–H and O–H groups in total. The second-order valence-corrected chi connectivity index (χ2v) is 7.69. The van der Waals surface area contributed by atoms with Crippen LogP contribution in [0.1, 0.15) is 34.6 Å². The number of hydrogen-bond acceptors (Lipinski definition) is 6. The van der Waals surface area contributed by atoms with Crippen LogP contribution >= 0.6 is 0 Å². The third-order valence-electron chi connectivity index (χ3n) is 3.99. The number of esters is 2. The number of carbonyl (C=O) groups excluding carboxylic acids is 2. The van der Waals surface area contributed by atoms with Crippen molar-refractivity contribution in [3.05, 3.63) is 65.7 Å². The standard InChI is InChI=1S/C20H23NO6S/c1-3-21(4-2)28(24,25)18-12-10-17(11-13-18)20(23)27-15-14-26-19(22)16-8-6-5-7-9-16/h5-13H,3-4,14-15H2,1-2H3. The van der Waals surface area contributed by atoms with Crippen LogP contribution in [0.2, 0.25) is 0 Å². The summed E-state index contributed by atoms with van der Waals surface area (Å²) in [6.45, 7) is 4.08. The predicted molar refractivity (Wildman–Crippen MR) is 104 cm³/mol. The molecule has 2 rings (SSSR count). The van der Waals surface area contributed by atoms with Crippen LogP contribution in [0.25, 0.3) is 0 Å². The number of sulfonamides is 1. The molecule has 0 aliphatic carbocycles. The van der Waals surface area contributed by atoms with Crippen molar-refractivity contribution in [2.75, 3.05) is 26.3 Å². The van der Waals surface area contributed by atoms with Crippen molar-refractivity contribution in [3.8, 4) is 0 Å². The topological polar surface area (TPSA) is 90.0 Å². The van der Waals surface area contributed by atoms with Gasteiger partial charge in [0.15, 0.2) is 0 Å². The summed E-state index contributed by atoms with van der Waals surface area (Å²) in [4.78, 5) is 23.9. The first-order valence-corrected chi connectivity index (χ1v) is 10.3. The number of rotatable bonds is 9. The van der Waals surface area contributed by atoms with Gasteiger partial charge in [-0.2, -0.15) is 4.31 Å². The fraction of sp³-hybridized carbons (Fsp3) is 0.300. The minimum atomic E-state index is -3.58. The average Bonchev–Trinajstić information content (AvgIpc) is 2.72. The van der Waals surface area contributed by atoms with Gasteiger partial charge >= 0.3 is 11.9 Å². The van der Waals surface area contributed by atoms with Crippen LogP contribution in [0.5, 0.6) is 0 Å². The van der Waals surface area contributed by atoms with Gasteiger partial charge in [0.25, 0.3) is 0 Å². The molecule has 0 saturated heterocycles. The minimum absolute atomic E-state index is 0.0755. The van der Waals surface area contributed by atoms with Crippen molar-refractivity contribution in [1.82, 2.24) is 4.31 Å². The summed E-state index contributed by atoms with van der Waals surface area (Å²) >= 11 is 0. The van der Waals surface area contributed by atoms with E-state index in [9.17, 15) is 18.0 Å². The molecule has 8 heteroatoms. The monoisotopic (exact) mass is 405 g/mol. The molecule has 2 aromatic rings. The van der Waals surface area contributed by atoms with E-state index in [1.165, 1.54) is 28.6 Å². The Morgan fingerprint density at radius 1 is 0.786 bits per heavy atom. The Labute approximate surface area is 164 Å². The highest BCUT2D eigenvalue weighted by atomic mass is 32.2. The van der Waals surface area contributed by atoms with Gasteiger partial charge in [0.05, 0.1) is 16.0 Å². The van der Waals surface area contributed by atoms with Crippen LogP contribution in [-0.4, -0.2) is 51.0 Å². The maximum atomic E-state index is 12.4. The number of nitrogens with zero attached hydrogens (tertiary/aromatic N) is 1. The van der Waals surface area contributed by atoms with E-state index in [1.807, 2.05) is 0 Å². The first-order valence-electron chi connectivity index (χ1n) is 8.89. The molecule has 0 aliphatic rings. The summed E-state index contributed by atoms with van der Waals surface area (Å²) < 4.78 is 36.3.